The third-order valence-corrected chi connectivity index (χ3v) is 5.99. The number of amides is 1. The molecular weight excluding hydrogens is 352 g/mol. The summed E-state index contributed by atoms with van der Waals surface area (Å²) in [5.74, 6) is -0.346. The van der Waals surface area contributed by atoms with Gasteiger partial charge in [0.15, 0.2) is 0 Å². The molecule has 26 heavy (non-hydrogen) atoms. The van der Waals surface area contributed by atoms with Gasteiger partial charge in [-0.1, -0.05) is 17.7 Å². The summed E-state index contributed by atoms with van der Waals surface area (Å²) < 4.78 is 27.4. The minimum absolute atomic E-state index is 0.135. The quantitative estimate of drug-likeness (QED) is 0.877. The number of aromatic nitrogens is 2. The van der Waals surface area contributed by atoms with Crippen LogP contribution in [0, 0.1) is 19.8 Å². The lowest BCUT2D eigenvalue weighted by atomic mass is 9.98. The number of hydrogen-bond acceptors (Lipinski definition) is 6. The van der Waals surface area contributed by atoms with Crippen molar-refractivity contribution in [2.24, 2.45) is 5.92 Å². The number of sulfonamides is 1. The summed E-state index contributed by atoms with van der Waals surface area (Å²) in [5.41, 5.74) is 1.59. The summed E-state index contributed by atoms with van der Waals surface area (Å²) in [4.78, 5) is 23.0. The van der Waals surface area contributed by atoms with Crippen LogP contribution in [0.1, 0.15) is 24.0 Å². The Morgan fingerprint density at radius 1 is 1.23 bits per heavy atom. The summed E-state index contributed by atoms with van der Waals surface area (Å²) in [6.45, 7) is 4.77. The summed E-state index contributed by atoms with van der Waals surface area (Å²) in [6, 6.07) is 6.77. The zero-order valence-corrected chi connectivity index (χ0v) is 15.7. The van der Waals surface area contributed by atoms with Crippen LogP contribution in [0.3, 0.4) is 0 Å². The second-order valence-corrected chi connectivity index (χ2v) is 8.22. The number of rotatable bonds is 4. The summed E-state index contributed by atoms with van der Waals surface area (Å²) in [6.07, 6.45) is 4.71. The van der Waals surface area contributed by atoms with Crippen molar-refractivity contribution in [3.05, 3.63) is 47.8 Å². The van der Waals surface area contributed by atoms with E-state index in [0.29, 0.717) is 24.5 Å². The second kappa shape index (κ2) is 7.41. The van der Waals surface area contributed by atoms with Gasteiger partial charge in [-0.3, -0.25) is 4.79 Å². The molecule has 1 saturated heterocycles. The van der Waals surface area contributed by atoms with Gasteiger partial charge in [-0.25, -0.2) is 23.1 Å². The van der Waals surface area contributed by atoms with Crippen LogP contribution in [0.25, 0.3) is 0 Å². The molecule has 1 unspecified atom stereocenters. The maximum atomic E-state index is 12.6. The predicted molar refractivity (Wildman–Crippen MR) is 98.2 cm³/mol. The monoisotopic (exact) mass is 374 g/mol. The molecular formula is C18H22N4O3S. The Balaban J connectivity index is 1.72. The Hall–Kier alpha value is -2.48. The minimum atomic E-state index is -3.89. The number of carbonyl (C=O) groups is 1. The smallest absolute Gasteiger partial charge is 0.264 e. The highest BCUT2D eigenvalue weighted by atomic mass is 32.2. The molecule has 2 heterocycles. The van der Waals surface area contributed by atoms with Crippen molar-refractivity contribution in [3.8, 4) is 0 Å². The Morgan fingerprint density at radius 2 is 1.96 bits per heavy atom. The number of hydrogen-bond donors (Lipinski definition) is 1. The molecule has 0 spiro atoms. The van der Waals surface area contributed by atoms with Gasteiger partial charge in [0, 0.05) is 25.5 Å². The minimum Gasteiger partial charge on any atom is -0.340 e. The molecule has 0 bridgehead atoms. The summed E-state index contributed by atoms with van der Waals surface area (Å²) in [5, 5.41) is 0. The van der Waals surface area contributed by atoms with E-state index in [1.165, 1.54) is 6.07 Å². The van der Waals surface area contributed by atoms with Crippen molar-refractivity contribution in [1.29, 1.82) is 0 Å². The molecule has 8 heteroatoms. The van der Waals surface area contributed by atoms with Crippen LogP contribution in [-0.4, -0.2) is 37.4 Å². The molecule has 1 aliphatic heterocycles. The van der Waals surface area contributed by atoms with E-state index in [0.717, 1.165) is 18.5 Å². The standard InChI is InChI=1S/C18H22N4O3S/c1-13-6-7-16(14(2)11-13)26(24,25)21-17(23)15-5-3-10-22(12-15)18-19-8-4-9-20-18/h4,6-9,11,15H,3,5,10,12H2,1-2H3,(H,21,23). The molecule has 1 aromatic heterocycles. The van der Waals surface area contributed by atoms with E-state index in [4.69, 9.17) is 0 Å². The molecule has 3 rings (SSSR count). The Bertz CT molecular complexity index is 900. The summed E-state index contributed by atoms with van der Waals surface area (Å²) in [7, 11) is -3.89. The first-order chi connectivity index (χ1) is 12.4. The van der Waals surface area contributed by atoms with Crippen molar-refractivity contribution in [3.63, 3.8) is 0 Å². The Labute approximate surface area is 153 Å². The van der Waals surface area contributed by atoms with Gasteiger partial charge in [0.25, 0.3) is 10.0 Å². The fourth-order valence-corrected chi connectivity index (χ4v) is 4.47. The third kappa shape index (κ3) is 4.01. The number of nitrogens with zero attached hydrogens (tertiary/aromatic N) is 3. The molecule has 0 aliphatic carbocycles. The van der Waals surface area contributed by atoms with E-state index in [9.17, 15) is 13.2 Å². The van der Waals surface area contributed by atoms with Gasteiger partial charge in [-0.15, -0.1) is 0 Å². The first-order valence-corrected chi connectivity index (χ1v) is 10.0. The lowest BCUT2D eigenvalue weighted by Crippen LogP contribution is -2.45. The number of piperidine rings is 1. The van der Waals surface area contributed by atoms with Gasteiger partial charge in [-0.2, -0.15) is 0 Å². The van der Waals surface area contributed by atoms with Crippen LogP contribution in [0.15, 0.2) is 41.6 Å². The van der Waals surface area contributed by atoms with Crippen LogP contribution < -0.4 is 9.62 Å². The van der Waals surface area contributed by atoms with Crippen LogP contribution in [-0.2, 0) is 14.8 Å². The van der Waals surface area contributed by atoms with Gasteiger partial charge < -0.3 is 4.90 Å². The van der Waals surface area contributed by atoms with Crippen LogP contribution in [0.2, 0.25) is 0 Å². The number of anilines is 1. The fraction of sp³-hybridized carbons (Fsp3) is 0.389. The van der Waals surface area contributed by atoms with E-state index < -0.39 is 21.8 Å². The third-order valence-electron chi connectivity index (χ3n) is 4.48. The normalized spacial score (nSPS) is 17.8. The Kier molecular flexibility index (Phi) is 5.22. The van der Waals surface area contributed by atoms with E-state index >= 15 is 0 Å². The zero-order valence-electron chi connectivity index (χ0n) is 14.8. The average molecular weight is 374 g/mol. The molecule has 0 saturated carbocycles. The van der Waals surface area contributed by atoms with Crippen molar-refractivity contribution in [2.75, 3.05) is 18.0 Å². The maximum absolute atomic E-state index is 12.6. The molecule has 1 N–H and O–H groups in total. The number of carbonyl (C=O) groups excluding carboxylic acids is 1. The number of aryl methyl sites for hydroxylation is 2. The largest absolute Gasteiger partial charge is 0.340 e. The van der Waals surface area contributed by atoms with Gasteiger partial charge >= 0.3 is 0 Å². The molecule has 1 amide bonds. The van der Waals surface area contributed by atoms with Gasteiger partial charge in [-0.05, 0) is 44.4 Å². The molecule has 2 aromatic rings. The molecule has 138 valence electrons. The highest BCUT2D eigenvalue weighted by Gasteiger charge is 2.30. The van der Waals surface area contributed by atoms with Crippen molar-refractivity contribution in [1.82, 2.24) is 14.7 Å². The second-order valence-electron chi connectivity index (χ2n) is 6.57. The maximum Gasteiger partial charge on any atom is 0.264 e. The predicted octanol–water partition coefficient (Wildman–Crippen LogP) is 1.81. The Morgan fingerprint density at radius 3 is 2.65 bits per heavy atom. The fourth-order valence-electron chi connectivity index (χ4n) is 3.20. The van der Waals surface area contributed by atoms with Crippen LogP contribution >= 0.6 is 0 Å². The molecule has 0 radical (unpaired) electrons. The van der Waals surface area contributed by atoms with Crippen molar-refractivity contribution >= 4 is 21.9 Å². The van der Waals surface area contributed by atoms with Crippen molar-refractivity contribution < 1.29 is 13.2 Å². The van der Waals surface area contributed by atoms with Gasteiger partial charge in [0.05, 0.1) is 10.8 Å². The topological polar surface area (TPSA) is 92.3 Å². The van der Waals surface area contributed by atoms with Crippen LogP contribution in [0.4, 0.5) is 5.95 Å². The van der Waals surface area contributed by atoms with Gasteiger partial charge in [0.2, 0.25) is 11.9 Å². The van der Waals surface area contributed by atoms with Gasteiger partial charge in [0.1, 0.15) is 0 Å². The molecule has 1 aliphatic rings. The lowest BCUT2D eigenvalue weighted by molar-refractivity contribution is -0.123. The first-order valence-electron chi connectivity index (χ1n) is 8.53. The lowest BCUT2D eigenvalue weighted by Gasteiger charge is -2.31. The number of benzene rings is 1. The highest BCUT2D eigenvalue weighted by Crippen LogP contribution is 2.22. The van der Waals surface area contributed by atoms with Crippen molar-refractivity contribution in [2.45, 2.75) is 31.6 Å². The number of nitrogens with one attached hydrogen (secondary N) is 1. The van der Waals surface area contributed by atoms with E-state index in [1.54, 1.807) is 37.5 Å². The average Bonchev–Trinajstić information content (AvgIpc) is 2.62. The first kappa shape index (κ1) is 18.3. The summed E-state index contributed by atoms with van der Waals surface area (Å²) >= 11 is 0. The molecule has 1 atom stereocenters. The van der Waals surface area contributed by atoms with E-state index in [1.807, 2.05) is 11.8 Å². The zero-order chi connectivity index (χ0) is 18.7. The molecule has 1 fully saturated rings. The molecule has 1 aromatic carbocycles. The van der Waals surface area contributed by atoms with Crippen LogP contribution in [0.5, 0.6) is 0 Å². The highest BCUT2D eigenvalue weighted by molar-refractivity contribution is 7.90. The molecule has 7 nitrogen and oxygen atoms in total. The van der Waals surface area contributed by atoms with E-state index in [-0.39, 0.29) is 4.90 Å². The SMILES string of the molecule is Cc1ccc(S(=O)(=O)NC(=O)C2CCCN(c3ncccn3)C2)c(C)c1. The van der Waals surface area contributed by atoms with E-state index in [2.05, 4.69) is 14.7 Å².